The fourth-order valence-corrected chi connectivity index (χ4v) is 2.42. The monoisotopic (exact) mass is 291 g/mol. The Hall–Kier alpha value is -0.680. The molecule has 1 fully saturated rings. The number of aliphatic hydroxyl groups excluding tert-OH is 1. The molecule has 1 aliphatic heterocycles. The van der Waals surface area contributed by atoms with Gasteiger partial charge in [0.05, 0.1) is 0 Å². The molecule has 5 heteroatoms. The Labute approximate surface area is 101 Å². The van der Waals surface area contributed by atoms with Gasteiger partial charge in [-0.3, -0.25) is 0 Å². The van der Waals surface area contributed by atoms with Crippen molar-refractivity contribution in [2.24, 2.45) is 5.92 Å². The predicted molar refractivity (Wildman–Crippen MR) is 61.5 cm³/mol. The lowest BCUT2D eigenvalue weighted by atomic mass is 10.1. The van der Waals surface area contributed by atoms with Crippen molar-refractivity contribution < 1.29 is 13.9 Å². The molecule has 2 rings (SSSR count). The van der Waals surface area contributed by atoms with E-state index in [0.29, 0.717) is 17.6 Å². The maximum absolute atomic E-state index is 13.6. The lowest BCUT2D eigenvalue weighted by Crippen LogP contribution is -2.23. The molecule has 0 radical (unpaired) electrons. The summed E-state index contributed by atoms with van der Waals surface area (Å²) in [6, 6.07) is 2.51. The van der Waals surface area contributed by atoms with Crippen LogP contribution in [0.3, 0.4) is 0 Å². The van der Waals surface area contributed by atoms with Gasteiger partial charge in [0.2, 0.25) is 0 Å². The molecule has 1 saturated heterocycles. The first-order valence-electron chi connectivity index (χ1n) is 5.12. The van der Waals surface area contributed by atoms with Crippen LogP contribution in [0.1, 0.15) is 6.42 Å². The van der Waals surface area contributed by atoms with Crippen LogP contribution in [-0.2, 0) is 0 Å². The normalized spacial score (nSPS) is 20.5. The van der Waals surface area contributed by atoms with Crippen molar-refractivity contribution in [2.75, 3.05) is 24.6 Å². The number of benzene rings is 1. The summed E-state index contributed by atoms with van der Waals surface area (Å²) < 4.78 is 27.6. The molecule has 1 aliphatic rings. The van der Waals surface area contributed by atoms with Gasteiger partial charge < -0.3 is 10.0 Å². The zero-order chi connectivity index (χ0) is 11.7. The number of halogens is 3. The van der Waals surface area contributed by atoms with Crippen LogP contribution in [0.5, 0.6) is 0 Å². The minimum absolute atomic E-state index is 0.0131. The SMILES string of the molecule is OCC1CCN(c2c(F)cc(Br)cc2F)C1. The zero-order valence-corrected chi connectivity index (χ0v) is 10.2. The van der Waals surface area contributed by atoms with Crippen molar-refractivity contribution in [1.82, 2.24) is 0 Å². The van der Waals surface area contributed by atoms with E-state index in [1.807, 2.05) is 0 Å². The van der Waals surface area contributed by atoms with E-state index in [2.05, 4.69) is 15.9 Å². The van der Waals surface area contributed by atoms with Crippen LogP contribution in [0.4, 0.5) is 14.5 Å². The molecular weight excluding hydrogens is 280 g/mol. The first-order chi connectivity index (χ1) is 7.61. The molecule has 0 aromatic heterocycles. The first-order valence-corrected chi connectivity index (χ1v) is 5.91. The lowest BCUT2D eigenvalue weighted by Gasteiger charge is -2.20. The second-order valence-corrected chi connectivity index (χ2v) is 4.92. The van der Waals surface area contributed by atoms with E-state index < -0.39 is 11.6 Å². The molecule has 1 unspecified atom stereocenters. The van der Waals surface area contributed by atoms with Crippen LogP contribution in [0.25, 0.3) is 0 Å². The van der Waals surface area contributed by atoms with Crippen molar-refractivity contribution >= 4 is 21.6 Å². The summed E-state index contributed by atoms with van der Waals surface area (Å²) in [5, 5.41) is 8.99. The van der Waals surface area contributed by atoms with Gasteiger partial charge in [-0.1, -0.05) is 15.9 Å². The van der Waals surface area contributed by atoms with Crippen molar-refractivity contribution in [2.45, 2.75) is 6.42 Å². The molecule has 0 saturated carbocycles. The largest absolute Gasteiger partial charge is 0.396 e. The molecule has 16 heavy (non-hydrogen) atoms. The van der Waals surface area contributed by atoms with E-state index in [0.717, 1.165) is 6.42 Å². The van der Waals surface area contributed by atoms with Crippen LogP contribution in [0.15, 0.2) is 16.6 Å². The average molecular weight is 292 g/mol. The van der Waals surface area contributed by atoms with Crippen molar-refractivity contribution in [3.8, 4) is 0 Å². The smallest absolute Gasteiger partial charge is 0.150 e. The molecule has 1 aromatic rings. The number of rotatable bonds is 2. The molecule has 1 heterocycles. The van der Waals surface area contributed by atoms with Gasteiger partial charge >= 0.3 is 0 Å². The Morgan fingerprint density at radius 3 is 2.50 bits per heavy atom. The molecule has 2 nitrogen and oxygen atoms in total. The summed E-state index contributed by atoms with van der Waals surface area (Å²) in [6.45, 7) is 1.16. The minimum atomic E-state index is -0.564. The van der Waals surface area contributed by atoms with Crippen LogP contribution < -0.4 is 4.90 Å². The molecule has 1 aromatic carbocycles. The quantitative estimate of drug-likeness (QED) is 0.905. The number of hydrogen-bond acceptors (Lipinski definition) is 2. The highest BCUT2D eigenvalue weighted by Gasteiger charge is 2.26. The number of aliphatic hydroxyl groups is 1. The molecule has 88 valence electrons. The van der Waals surface area contributed by atoms with Gasteiger partial charge in [-0.25, -0.2) is 8.78 Å². The fraction of sp³-hybridized carbons (Fsp3) is 0.455. The maximum Gasteiger partial charge on any atom is 0.150 e. The van der Waals surface area contributed by atoms with E-state index >= 15 is 0 Å². The van der Waals surface area contributed by atoms with E-state index in [4.69, 9.17) is 5.11 Å². The first kappa shape index (κ1) is 11.8. The van der Waals surface area contributed by atoms with Gasteiger partial charge in [0, 0.05) is 30.1 Å². The van der Waals surface area contributed by atoms with Crippen molar-refractivity contribution in [3.05, 3.63) is 28.2 Å². The summed E-state index contributed by atoms with van der Waals surface area (Å²) in [4.78, 5) is 1.65. The van der Waals surface area contributed by atoms with Crippen molar-refractivity contribution in [3.63, 3.8) is 0 Å². The zero-order valence-electron chi connectivity index (χ0n) is 8.59. The molecule has 1 N–H and O–H groups in total. The average Bonchev–Trinajstić information content (AvgIpc) is 2.64. The molecule has 0 amide bonds. The molecule has 1 atom stereocenters. The van der Waals surface area contributed by atoms with E-state index in [-0.39, 0.29) is 18.2 Å². The highest BCUT2D eigenvalue weighted by molar-refractivity contribution is 9.10. The third-order valence-corrected chi connectivity index (χ3v) is 3.30. The fourth-order valence-electron chi connectivity index (χ4n) is 2.02. The van der Waals surface area contributed by atoms with E-state index in [9.17, 15) is 8.78 Å². The number of anilines is 1. The van der Waals surface area contributed by atoms with Crippen LogP contribution in [-0.4, -0.2) is 24.8 Å². The summed E-state index contributed by atoms with van der Waals surface area (Å²) >= 11 is 3.04. The van der Waals surface area contributed by atoms with Gasteiger partial charge in [0.1, 0.15) is 5.69 Å². The third-order valence-electron chi connectivity index (χ3n) is 2.84. The molecule has 0 aliphatic carbocycles. The van der Waals surface area contributed by atoms with E-state index in [1.54, 1.807) is 4.90 Å². The van der Waals surface area contributed by atoms with Gasteiger partial charge in [0.25, 0.3) is 0 Å². The van der Waals surface area contributed by atoms with Gasteiger partial charge in [-0.05, 0) is 18.6 Å². The summed E-state index contributed by atoms with van der Waals surface area (Å²) in [7, 11) is 0. The Morgan fingerprint density at radius 1 is 1.38 bits per heavy atom. The Bertz CT molecular complexity index is 377. The van der Waals surface area contributed by atoms with Crippen LogP contribution in [0, 0.1) is 17.6 Å². The molecule has 0 spiro atoms. The highest BCUT2D eigenvalue weighted by atomic mass is 79.9. The van der Waals surface area contributed by atoms with Crippen molar-refractivity contribution in [1.29, 1.82) is 0 Å². The summed E-state index contributed by atoms with van der Waals surface area (Å²) in [5.41, 5.74) is 0.0131. The Morgan fingerprint density at radius 2 is 2.00 bits per heavy atom. The third kappa shape index (κ3) is 2.20. The predicted octanol–water partition coefficient (Wildman–Crippen LogP) is 2.55. The Balaban J connectivity index is 2.28. The van der Waals surface area contributed by atoms with Crippen LogP contribution >= 0.6 is 15.9 Å². The Kier molecular flexibility index (Phi) is 3.44. The molecule has 0 bridgehead atoms. The topological polar surface area (TPSA) is 23.5 Å². The van der Waals surface area contributed by atoms with Crippen LogP contribution in [0.2, 0.25) is 0 Å². The molecular formula is C11H12BrF2NO. The van der Waals surface area contributed by atoms with Gasteiger partial charge in [-0.2, -0.15) is 0 Å². The maximum atomic E-state index is 13.6. The second-order valence-electron chi connectivity index (χ2n) is 4.00. The number of nitrogens with zero attached hydrogens (tertiary/aromatic N) is 1. The lowest BCUT2D eigenvalue weighted by molar-refractivity contribution is 0.238. The van der Waals surface area contributed by atoms with E-state index in [1.165, 1.54) is 12.1 Å². The number of hydrogen-bond donors (Lipinski definition) is 1. The second kappa shape index (κ2) is 4.67. The standard InChI is InChI=1S/C11H12BrF2NO/c12-8-3-9(13)11(10(14)4-8)15-2-1-7(5-15)6-16/h3-4,7,16H,1-2,5-6H2. The summed E-state index contributed by atoms with van der Waals surface area (Å²) in [5.74, 6) is -1.02. The highest BCUT2D eigenvalue weighted by Crippen LogP contribution is 2.31. The van der Waals surface area contributed by atoms with Gasteiger partial charge in [-0.15, -0.1) is 0 Å². The summed E-state index contributed by atoms with van der Waals surface area (Å²) in [6.07, 6.45) is 0.769. The van der Waals surface area contributed by atoms with Gasteiger partial charge in [0.15, 0.2) is 11.6 Å². The minimum Gasteiger partial charge on any atom is -0.396 e.